The lowest BCUT2D eigenvalue weighted by Gasteiger charge is -2.12. The molecule has 4 heteroatoms. The van der Waals surface area contributed by atoms with Crippen molar-refractivity contribution in [2.75, 3.05) is 13.2 Å². The van der Waals surface area contributed by atoms with Crippen molar-refractivity contribution in [1.29, 1.82) is 0 Å². The molecule has 0 amide bonds. The van der Waals surface area contributed by atoms with Crippen LogP contribution >= 0.6 is 0 Å². The fraction of sp³-hybridized carbons (Fsp3) is 0.381. The normalized spacial score (nSPS) is 10.8. The summed E-state index contributed by atoms with van der Waals surface area (Å²) in [5, 5.41) is 17.7. The smallest absolute Gasteiger partial charge is 0.306 e. The number of esters is 1. The summed E-state index contributed by atoms with van der Waals surface area (Å²) in [4.78, 5) is 11.5. The van der Waals surface area contributed by atoms with E-state index >= 15 is 0 Å². The van der Waals surface area contributed by atoms with E-state index in [-0.39, 0.29) is 19.2 Å². The fourth-order valence-corrected chi connectivity index (χ4v) is 2.65. The molecule has 0 heterocycles. The average Bonchev–Trinajstić information content (AvgIpc) is 2.67. The SMILES string of the molecule is O=C(CCCCCc1ccc(-c2ccccc2)cc1)OC(CO)CO. The highest BCUT2D eigenvalue weighted by Gasteiger charge is 2.11. The van der Waals surface area contributed by atoms with Gasteiger partial charge in [-0.1, -0.05) is 61.0 Å². The zero-order valence-corrected chi connectivity index (χ0v) is 14.4. The highest BCUT2D eigenvalue weighted by Crippen LogP contribution is 2.20. The van der Waals surface area contributed by atoms with Crippen molar-refractivity contribution in [2.45, 2.75) is 38.2 Å². The minimum absolute atomic E-state index is 0.323. The maximum absolute atomic E-state index is 11.5. The molecule has 0 atom stereocenters. The molecule has 2 aromatic carbocycles. The number of aryl methyl sites for hydroxylation is 1. The van der Waals surface area contributed by atoms with E-state index in [4.69, 9.17) is 14.9 Å². The van der Waals surface area contributed by atoms with Crippen molar-refractivity contribution in [3.8, 4) is 11.1 Å². The van der Waals surface area contributed by atoms with E-state index in [2.05, 4.69) is 36.4 Å². The van der Waals surface area contributed by atoms with E-state index in [1.54, 1.807) is 0 Å². The first-order valence-corrected chi connectivity index (χ1v) is 8.78. The quantitative estimate of drug-likeness (QED) is 0.513. The Bertz CT molecular complexity index is 618. The molecule has 0 aliphatic heterocycles. The largest absolute Gasteiger partial charge is 0.457 e. The van der Waals surface area contributed by atoms with Crippen LogP contribution in [0, 0.1) is 0 Å². The zero-order chi connectivity index (χ0) is 17.9. The van der Waals surface area contributed by atoms with Crippen molar-refractivity contribution in [2.24, 2.45) is 0 Å². The van der Waals surface area contributed by atoms with Gasteiger partial charge in [0.2, 0.25) is 0 Å². The van der Waals surface area contributed by atoms with Gasteiger partial charge in [-0.2, -0.15) is 0 Å². The lowest BCUT2D eigenvalue weighted by atomic mass is 10.0. The number of hydrogen-bond donors (Lipinski definition) is 2. The number of aliphatic hydroxyl groups excluding tert-OH is 2. The van der Waals surface area contributed by atoms with Gasteiger partial charge < -0.3 is 14.9 Å². The highest BCUT2D eigenvalue weighted by atomic mass is 16.6. The van der Waals surface area contributed by atoms with Crippen LogP contribution in [0.4, 0.5) is 0 Å². The minimum Gasteiger partial charge on any atom is -0.457 e. The van der Waals surface area contributed by atoms with Crippen molar-refractivity contribution < 1.29 is 19.7 Å². The summed E-state index contributed by atoms with van der Waals surface area (Å²) in [7, 11) is 0. The Morgan fingerprint density at radius 2 is 1.48 bits per heavy atom. The third-order valence-electron chi connectivity index (χ3n) is 4.11. The Labute approximate surface area is 149 Å². The number of hydrogen-bond acceptors (Lipinski definition) is 4. The number of unbranched alkanes of at least 4 members (excludes halogenated alkanes) is 2. The number of rotatable bonds is 10. The molecular formula is C21H26O4. The third kappa shape index (κ3) is 6.69. The number of ether oxygens (including phenoxy) is 1. The predicted molar refractivity (Wildman–Crippen MR) is 98.1 cm³/mol. The molecule has 2 aromatic rings. The second-order valence-corrected chi connectivity index (χ2v) is 6.10. The highest BCUT2D eigenvalue weighted by molar-refractivity contribution is 5.69. The second-order valence-electron chi connectivity index (χ2n) is 6.10. The Hall–Kier alpha value is -2.17. The van der Waals surface area contributed by atoms with Gasteiger partial charge in [-0.3, -0.25) is 4.79 Å². The van der Waals surface area contributed by atoms with Gasteiger partial charge in [-0.05, 0) is 36.0 Å². The van der Waals surface area contributed by atoms with E-state index in [0.717, 1.165) is 25.7 Å². The molecule has 0 fully saturated rings. The summed E-state index contributed by atoms with van der Waals surface area (Å²) in [6.45, 7) is -0.692. The average molecular weight is 342 g/mol. The molecule has 0 saturated heterocycles. The van der Waals surface area contributed by atoms with Crippen LogP contribution < -0.4 is 0 Å². The van der Waals surface area contributed by atoms with Crippen molar-refractivity contribution in [1.82, 2.24) is 0 Å². The van der Waals surface area contributed by atoms with E-state index in [9.17, 15) is 4.79 Å². The second kappa shape index (κ2) is 10.6. The predicted octanol–water partition coefficient (Wildman–Crippen LogP) is 3.35. The maximum atomic E-state index is 11.5. The monoisotopic (exact) mass is 342 g/mol. The van der Waals surface area contributed by atoms with Gasteiger partial charge in [0.1, 0.15) is 6.10 Å². The van der Waals surface area contributed by atoms with Gasteiger partial charge in [0, 0.05) is 6.42 Å². The molecule has 0 saturated carbocycles. The molecule has 0 spiro atoms. The fourth-order valence-electron chi connectivity index (χ4n) is 2.65. The molecule has 0 aliphatic carbocycles. The van der Waals surface area contributed by atoms with Crippen LogP contribution in [0.1, 0.15) is 31.2 Å². The molecule has 4 nitrogen and oxygen atoms in total. The summed E-state index contributed by atoms with van der Waals surface area (Å²) in [5.41, 5.74) is 3.73. The minimum atomic E-state index is -0.796. The lowest BCUT2D eigenvalue weighted by molar-refractivity contribution is -0.153. The first-order chi connectivity index (χ1) is 12.2. The van der Waals surface area contributed by atoms with E-state index in [1.165, 1.54) is 16.7 Å². The zero-order valence-electron chi connectivity index (χ0n) is 14.4. The first kappa shape index (κ1) is 19.2. The number of carbonyl (C=O) groups is 1. The lowest BCUT2D eigenvalue weighted by Crippen LogP contribution is -2.25. The molecule has 0 aliphatic rings. The maximum Gasteiger partial charge on any atom is 0.306 e. The Morgan fingerprint density at radius 1 is 0.840 bits per heavy atom. The summed E-state index contributed by atoms with van der Waals surface area (Å²) >= 11 is 0. The van der Waals surface area contributed by atoms with Gasteiger partial charge in [-0.25, -0.2) is 0 Å². The molecule has 0 aromatic heterocycles. The van der Waals surface area contributed by atoms with Crippen LogP contribution in [0.15, 0.2) is 54.6 Å². The molecule has 2 rings (SSSR count). The Morgan fingerprint density at radius 3 is 2.12 bits per heavy atom. The van der Waals surface area contributed by atoms with E-state index in [0.29, 0.717) is 6.42 Å². The van der Waals surface area contributed by atoms with E-state index < -0.39 is 6.10 Å². The van der Waals surface area contributed by atoms with Crippen LogP contribution in [0.3, 0.4) is 0 Å². The molecular weight excluding hydrogens is 316 g/mol. The van der Waals surface area contributed by atoms with Gasteiger partial charge in [-0.15, -0.1) is 0 Å². The summed E-state index contributed by atoms with van der Waals surface area (Å²) in [6, 6.07) is 18.9. The Balaban J connectivity index is 1.66. The third-order valence-corrected chi connectivity index (χ3v) is 4.11. The van der Waals surface area contributed by atoms with Gasteiger partial charge >= 0.3 is 5.97 Å². The summed E-state index contributed by atoms with van der Waals surface area (Å²) < 4.78 is 4.93. The van der Waals surface area contributed by atoms with Crippen LogP contribution in [-0.4, -0.2) is 35.5 Å². The molecule has 0 bridgehead atoms. The number of carbonyl (C=O) groups excluding carboxylic acids is 1. The molecule has 2 N–H and O–H groups in total. The van der Waals surface area contributed by atoms with Crippen LogP contribution in [0.5, 0.6) is 0 Å². The standard InChI is InChI=1S/C21H26O4/c22-15-20(16-23)25-21(24)10-6-1-3-7-17-11-13-19(14-12-17)18-8-4-2-5-9-18/h2,4-5,8-9,11-14,20,22-23H,1,3,6-7,10,15-16H2. The van der Waals surface area contributed by atoms with Crippen LogP contribution in [0.25, 0.3) is 11.1 Å². The van der Waals surface area contributed by atoms with Gasteiger partial charge in [0.15, 0.2) is 0 Å². The van der Waals surface area contributed by atoms with Crippen LogP contribution in [0.2, 0.25) is 0 Å². The van der Waals surface area contributed by atoms with Crippen molar-refractivity contribution >= 4 is 5.97 Å². The topological polar surface area (TPSA) is 66.8 Å². The van der Waals surface area contributed by atoms with Crippen LogP contribution in [-0.2, 0) is 16.0 Å². The van der Waals surface area contributed by atoms with Gasteiger partial charge in [0.25, 0.3) is 0 Å². The summed E-state index contributed by atoms with van der Waals surface area (Å²) in [6.07, 6.45) is 3.23. The Kier molecular flexibility index (Phi) is 8.16. The van der Waals surface area contributed by atoms with E-state index in [1.807, 2.05) is 18.2 Å². The molecule has 25 heavy (non-hydrogen) atoms. The van der Waals surface area contributed by atoms with Crippen molar-refractivity contribution in [3.05, 3.63) is 60.2 Å². The molecule has 0 unspecified atom stereocenters. The summed E-state index contributed by atoms with van der Waals surface area (Å²) in [5.74, 6) is -0.361. The number of aliphatic hydroxyl groups is 2. The molecule has 0 radical (unpaired) electrons. The molecule has 134 valence electrons. The first-order valence-electron chi connectivity index (χ1n) is 8.78. The number of benzene rings is 2. The van der Waals surface area contributed by atoms with Gasteiger partial charge in [0.05, 0.1) is 13.2 Å². The van der Waals surface area contributed by atoms with Crippen molar-refractivity contribution in [3.63, 3.8) is 0 Å².